The van der Waals surface area contributed by atoms with Crippen LogP contribution in [-0.4, -0.2) is 39.1 Å². The Morgan fingerprint density at radius 2 is 2.14 bits per heavy atom. The lowest BCUT2D eigenvalue weighted by molar-refractivity contribution is 0.627. The minimum Gasteiger partial charge on any atom is -0.329 e. The van der Waals surface area contributed by atoms with Crippen molar-refractivity contribution in [1.82, 2.24) is 14.8 Å². The van der Waals surface area contributed by atoms with E-state index in [1.165, 1.54) is 0 Å². The summed E-state index contributed by atoms with van der Waals surface area (Å²) in [6.45, 7) is 3.40. The van der Waals surface area contributed by atoms with Crippen LogP contribution in [0.25, 0.3) is 0 Å². The monoisotopic (exact) mass is 232 g/mol. The number of aromatic nitrogens is 3. The van der Waals surface area contributed by atoms with Crippen molar-refractivity contribution < 1.29 is 0 Å². The number of aryl methyl sites for hydroxylation is 1. The van der Waals surface area contributed by atoms with Gasteiger partial charge in [0.1, 0.15) is 5.82 Å². The van der Waals surface area contributed by atoms with Gasteiger partial charge in [-0.05, 0) is 13.2 Å². The van der Waals surface area contributed by atoms with E-state index in [1.54, 1.807) is 11.8 Å². The number of nitrogens with two attached hydrogens (primary N) is 1. The van der Waals surface area contributed by atoms with Crippen LogP contribution in [0.3, 0.4) is 0 Å². The van der Waals surface area contributed by atoms with Gasteiger partial charge in [0.15, 0.2) is 5.16 Å². The van der Waals surface area contributed by atoms with Gasteiger partial charge in [-0.15, -0.1) is 10.2 Å². The highest BCUT2D eigenvalue weighted by atomic mass is 32.2. The molecule has 0 atom stereocenters. The highest BCUT2D eigenvalue weighted by Gasteiger charge is 2.07. The number of rotatable bonds is 6. The third-order valence-corrected chi connectivity index (χ3v) is 3.61. The standard InChI is InChI=1S/C8H16N4S2/c1-7-10-11-8(12(7)4-3-9)14-6-5-13-2/h3-6,9H2,1-2H3. The zero-order valence-electron chi connectivity index (χ0n) is 8.56. The topological polar surface area (TPSA) is 56.7 Å². The van der Waals surface area contributed by atoms with Gasteiger partial charge in [0, 0.05) is 24.6 Å². The van der Waals surface area contributed by atoms with E-state index in [2.05, 4.69) is 21.0 Å². The van der Waals surface area contributed by atoms with E-state index in [0.29, 0.717) is 6.54 Å². The molecule has 0 saturated carbocycles. The summed E-state index contributed by atoms with van der Waals surface area (Å²) in [5, 5.41) is 9.15. The smallest absolute Gasteiger partial charge is 0.191 e. The summed E-state index contributed by atoms with van der Waals surface area (Å²) >= 11 is 3.59. The summed E-state index contributed by atoms with van der Waals surface area (Å²) in [6, 6.07) is 0. The van der Waals surface area contributed by atoms with Gasteiger partial charge < -0.3 is 10.3 Å². The fourth-order valence-corrected chi connectivity index (χ4v) is 2.73. The van der Waals surface area contributed by atoms with E-state index in [-0.39, 0.29) is 0 Å². The summed E-state index contributed by atoms with van der Waals surface area (Å²) in [6.07, 6.45) is 2.11. The molecule has 1 aromatic rings. The Balaban J connectivity index is 2.56. The molecule has 0 saturated heterocycles. The summed E-state index contributed by atoms with van der Waals surface area (Å²) < 4.78 is 2.07. The molecule has 0 radical (unpaired) electrons. The molecule has 6 heteroatoms. The molecule has 0 spiro atoms. The third kappa shape index (κ3) is 3.18. The predicted octanol–water partition coefficient (Wildman–Crippen LogP) is 1.00. The van der Waals surface area contributed by atoms with Crippen molar-refractivity contribution in [2.45, 2.75) is 18.6 Å². The SMILES string of the molecule is CSCCSc1nnc(C)n1CCN. The van der Waals surface area contributed by atoms with Crippen LogP contribution >= 0.6 is 23.5 Å². The second kappa shape index (κ2) is 6.31. The van der Waals surface area contributed by atoms with Crippen molar-refractivity contribution in [1.29, 1.82) is 0 Å². The second-order valence-electron chi connectivity index (χ2n) is 2.81. The zero-order valence-corrected chi connectivity index (χ0v) is 10.2. The minimum atomic E-state index is 0.634. The molecule has 0 aliphatic heterocycles. The Hall–Kier alpha value is -0.200. The maximum absolute atomic E-state index is 5.52. The molecule has 2 N–H and O–H groups in total. The van der Waals surface area contributed by atoms with E-state index in [4.69, 9.17) is 5.73 Å². The van der Waals surface area contributed by atoms with E-state index in [9.17, 15) is 0 Å². The van der Waals surface area contributed by atoms with E-state index in [0.717, 1.165) is 29.0 Å². The van der Waals surface area contributed by atoms with Crippen molar-refractivity contribution in [3.63, 3.8) is 0 Å². The minimum absolute atomic E-state index is 0.634. The quantitative estimate of drug-likeness (QED) is 0.586. The first-order valence-electron chi connectivity index (χ1n) is 4.51. The number of thioether (sulfide) groups is 2. The molecule has 0 unspecified atom stereocenters. The molecular formula is C8H16N4S2. The largest absolute Gasteiger partial charge is 0.329 e. The Kier molecular flexibility index (Phi) is 5.36. The van der Waals surface area contributed by atoms with Crippen LogP contribution in [0.4, 0.5) is 0 Å². The van der Waals surface area contributed by atoms with Crippen LogP contribution in [0.2, 0.25) is 0 Å². The van der Waals surface area contributed by atoms with Gasteiger partial charge in [-0.25, -0.2) is 0 Å². The van der Waals surface area contributed by atoms with Crippen molar-refractivity contribution >= 4 is 23.5 Å². The highest BCUT2D eigenvalue weighted by Crippen LogP contribution is 2.17. The van der Waals surface area contributed by atoms with E-state index in [1.807, 2.05) is 18.7 Å². The molecule has 0 amide bonds. The summed E-state index contributed by atoms with van der Waals surface area (Å²) in [5.41, 5.74) is 5.52. The van der Waals surface area contributed by atoms with Crippen molar-refractivity contribution in [2.24, 2.45) is 5.73 Å². The van der Waals surface area contributed by atoms with Crippen molar-refractivity contribution in [2.75, 3.05) is 24.3 Å². The van der Waals surface area contributed by atoms with Gasteiger partial charge in [0.2, 0.25) is 0 Å². The molecule has 0 aliphatic carbocycles. The lowest BCUT2D eigenvalue weighted by Crippen LogP contribution is -2.12. The van der Waals surface area contributed by atoms with Gasteiger partial charge in [-0.1, -0.05) is 11.8 Å². The van der Waals surface area contributed by atoms with Crippen LogP contribution in [0, 0.1) is 6.92 Å². The van der Waals surface area contributed by atoms with E-state index >= 15 is 0 Å². The van der Waals surface area contributed by atoms with Crippen LogP contribution in [-0.2, 0) is 6.54 Å². The maximum Gasteiger partial charge on any atom is 0.191 e. The normalized spacial score (nSPS) is 10.8. The summed E-state index contributed by atoms with van der Waals surface area (Å²) in [4.78, 5) is 0. The number of hydrogen-bond acceptors (Lipinski definition) is 5. The average molecular weight is 232 g/mol. The molecule has 1 rings (SSSR count). The molecule has 0 bridgehead atoms. The lowest BCUT2D eigenvalue weighted by Gasteiger charge is -2.05. The van der Waals surface area contributed by atoms with Gasteiger partial charge >= 0.3 is 0 Å². The Labute approximate surface area is 93.0 Å². The van der Waals surface area contributed by atoms with Gasteiger partial charge in [-0.2, -0.15) is 11.8 Å². The van der Waals surface area contributed by atoms with Gasteiger partial charge in [-0.3, -0.25) is 0 Å². The predicted molar refractivity (Wildman–Crippen MR) is 62.9 cm³/mol. The third-order valence-electron chi connectivity index (χ3n) is 1.77. The average Bonchev–Trinajstić information content (AvgIpc) is 2.51. The molecule has 14 heavy (non-hydrogen) atoms. The first-order chi connectivity index (χ1) is 6.79. The fraction of sp³-hybridized carbons (Fsp3) is 0.750. The lowest BCUT2D eigenvalue weighted by atomic mass is 10.6. The highest BCUT2D eigenvalue weighted by molar-refractivity contribution is 8.02. The zero-order chi connectivity index (χ0) is 10.4. The van der Waals surface area contributed by atoms with Crippen LogP contribution in [0.15, 0.2) is 5.16 Å². The van der Waals surface area contributed by atoms with Crippen LogP contribution < -0.4 is 5.73 Å². The van der Waals surface area contributed by atoms with Gasteiger partial charge in [0.25, 0.3) is 0 Å². The maximum atomic E-state index is 5.52. The number of nitrogens with zero attached hydrogens (tertiary/aromatic N) is 3. The number of hydrogen-bond donors (Lipinski definition) is 1. The van der Waals surface area contributed by atoms with Crippen LogP contribution in [0.1, 0.15) is 5.82 Å². The first kappa shape index (κ1) is 11.9. The molecule has 80 valence electrons. The molecular weight excluding hydrogens is 216 g/mol. The Morgan fingerprint density at radius 1 is 1.36 bits per heavy atom. The molecule has 0 fully saturated rings. The molecule has 0 aromatic carbocycles. The van der Waals surface area contributed by atoms with Gasteiger partial charge in [0.05, 0.1) is 0 Å². The summed E-state index contributed by atoms with van der Waals surface area (Å²) in [7, 11) is 0. The Bertz CT molecular complexity index is 274. The second-order valence-corrected chi connectivity index (χ2v) is 4.86. The molecule has 1 heterocycles. The fourth-order valence-electron chi connectivity index (χ4n) is 1.07. The van der Waals surface area contributed by atoms with Crippen molar-refractivity contribution in [3.8, 4) is 0 Å². The van der Waals surface area contributed by atoms with E-state index < -0.39 is 0 Å². The summed E-state index contributed by atoms with van der Waals surface area (Å²) in [5.74, 6) is 3.16. The Morgan fingerprint density at radius 3 is 2.79 bits per heavy atom. The van der Waals surface area contributed by atoms with Crippen LogP contribution in [0.5, 0.6) is 0 Å². The molecule has 0 aliphatic rings. The first-order valence-corrected chi connectivity index (χ1v) is 6.89. The molecule has 1 aromatic heterocycles. The molecule has 4 nitrogen and oxygen atoms in total. The van der Waals surface area contributed by atoms with Crippen molar-refractivity contribution in [3.05, 3.63) is 5.82 Å².